The number of halogens is 5. The number of rotatable bonds is 5. The van der Waals surface area contributed by atoms with E-state index in [1.54, 1.807) is 30.3 Å². The number of alkyl halides is 3. The van der Waals surface area contributed by atoms with Gasteiger partial charge in [-0.2, -0.15) is 18.3 Å². The molecule has 0 fully saturated rings. The minimum Gasteiger partial charge on any atom is -0.255 e. The first-order valence-corrected chi connectivity index (χ1v) is 12.1. The summed E-state index contributed by atoms with van der Waals surface area (Å²) in [6, 6.07) is 18.0. The number of hydrogen-bond acceptors (Lipinski definition) is 3. The maximum absolute atomic E-state index is 14.5. The molecule has 4 aromatic rings. The standard InChI is InChI=1S/C23H16Cl2F3N3O2S/c24-15-10-11-16(18(25)12-15)20-21(17-8-4-5-9-19(17)34(29,32)33)30-31(22(20)23(26,27)28)13-14-6-2-1-3-7-14/h1-12H,13H2,(H2,29,32,33). The Bertz CT molecular complexity index is 1470. The average molecular weight is 526 g/mol. The minimum atomic E-state index is -4.85. The van der Waals surface area contributed by atoms with Crippen LogP contribution in [0.2, 0.25) is 10.0 Å². The molecule has 0 radical (unpaired) electrons. The molecule has 1 aromatic heterocycles. The predicted octanol–water partition coefficient (Wildman–Crippen LogP) is 6.24. The SMILES string of the molecule is NS(=O)(=O)c1ccccc1-c1nn(Cc2ccccc2)c(C(F)(F)F)c1-c1ccc(Cl)cc1Cl. The van der Waals surface area contributed by atoms with E-state index in [-0.39, 0.29) is 43.9 Å². The fourth-order valence-electron chi connectivity index (χ4n) is 3.67. The number of primary sulfonamides is 1. The number of aromatic nitrogens is 2. The number of hydrogen-bond donors (Lipinski definition) is 1. The first kappa shape index (κ1) is 24.3. The summed E-state index contributed by atoms with van der Waals surface area (Å²) in [6.07, 6.45) is -4.85. The van der Waals surface area contributed by atoms with Gasteiger partial charge < -0.3 is 0 Å². The van der Waals surface area contributed by atoms with E-state index >= 15 is 0 Å². The van der Waals surface area contributed by atoms with E-state index in [1.807, 2.05) is 0 Å². The van der Waals surface area contributed by atoms with Gasteiger partial charge in [0.1, 0.15) is 5.69 Å². The predicted molar refractivity (Wildman–Crippen MR) is 125 cm³/mol. The summed E-state index contributed by atoms with van der Waals surface area (Å²) in [5.74, 6) is 0. The number of nitrogens with zero attached hydrogens (tertiary/aromatic N) is 2. The highest BCUT2D eigenvalue weighted by molar-refractivity contribution is 7.89. The molecule has 0 aliphatic heterocycles. The van der Waals surface area contributed by atoms with Crippen molar-refractivity contribution in [2.75, 3.05) is 0 Å². The molecule has 0 aliphatic carbocycles. The summed E-state index contributed by atoms with van der Waals surface area (Å²) < 4.78 is 68.8. The molecule has 4 rings (SSSR count). The second-order valence-corrected chi connectivity index (χ2v) is 9.75. The molecule has 0 amide bonds. The van der Waals surface area contributed by atoms with Crippen molar-refractivity contribution in [3.63, 3.8) is 0 Å². The van der Waals surface area contributed by atoms with Gasteiger partial charge in [0.15, 0.2) is 5.69 Å². The van der Waals surface area contributed by atoms with Crippen molar-refractivity contribution >= 4 is 33.2 Å². The first-order chi connectivity index (χ1) is 16.0. The lowest BCUT2D eigenvalue weighted by Crippen LogP contribution is -2.16. The molecule has 0 atom stereocenters. The van der Waals surface area contributed by atoms with Crippen LogP contribution in [0.3, 0.4) is 0 Å². The van der Waals surface area contributed by atoms with Crippen molar-refractivity contribution in [3.8, 4) is 22.4 Å². The van der Waals surface area contributed by atoms with E-state index in [4.69, 9.17) is 28.3 Å². The van der Waals surface area contributed by atoms with Gasteiger partial charge in [0.2, 0.25) is 10.0 Å². The summed E-state index contributed by atoms with van der Waals surface area (Å²) in [5, 5.41) is 9.78. The first-order valence-electron chi connectivity index (χ1n) is 9.76. The molecule has 11 heteroatoms. The van der Waals surface area contributed by atoms with Gasteiger partial charge in [0.25, 0.3) is 0 Å². The van der Waals surface area contributed by atoms with Gasteiger partial charge in [-0.1, -0.05) is 77.8 Å². The monoisotopic (exact) mass is 525 g/mol. The second-order valence-electron chi connectivity index (χ2n) is 7.38. The van der Waals surface area contributed by atoms with E-state index in [2.05, 4.69) is 5.10 Å². The molecule has 0 saturated heterocycles. The van der Waals surface area contributed by atoms with Crippen molar-refractivity contribution in [2.24, 2.45) is 5.14 Å². The largest absolute Gasteiger partial charge is 0.433 e. The third-order valence-electron chi connectivity index (χ3n) is 5.05. The summed E-state index contributed by atoms with van der Waals surface area (Å²) in [6.45, 7) is -0.217. The molecule has 2 N–H and O–H groups in total. The van der Waals surface area contributed by atoms with Crippen LogP contribution in [0.25, 0.3) is 22.4 Å². The normalized spacial score (nSPS) is 12.2. The Labute approximate surface area is 203 Å². The van der Waals surface area contributed by atoms with E-state index in [1.165, 1.54) is 42.5 Å². The van der Waals surface area contributed by atoms with Crippen LogP contribution in [-0.2, 0) is 22.7 Å². The zero-order valence-electron chi connectivity index (χ0n) is 17.2. The van der Waals surface area contributed by atoms with Crippen LogP contribution in [0.1, 0.15) is 11.3 Å². The van der Waals surface area contributed by atoms with Crippen LogP contribution in [0.15, 0.2) is 77.7 Å². The maximum atomic E-state index is 14.5. The molecule has 0 bridgehead atoms. The van der Waals surface area contributed by atoms with Gasteiger partial charge in [0, 0.05) is 21.7 Å². The Morgan fingerprint density at radius 3 is 2.18 bits per heavy atom. The van der Waals surface area contributed by atoms with E-state index in [0.29, 0.717) is 5.56 Å². The highest BCUT2D eigenvalue weighted by atomic mass is 35.5. The van der Waals surface area contributed by atoms with Crippen LogP contribution >= 0.6 is 23.2 Å². The van der Waals surface area contributed by atoms with Gasteiger partial charge in [-0.3, -0.25) is 4.68 Å². The van der Waals surface area contributed by atoms with Crippen molar-refractivity contribution < 1.29 is 21.6 Å². The minimum absolute atomic E-state index is 0.00285. The molecule has 1 heterocycles. The third kappa shape index (κ3) is 4.83. The van der Waals surface area contributed by atoms with Crippen molar-refractivity contribution in [2.45, 2.75) is 17.6 Å². The van der Waals surface area contributed by atoms with Crippen LogP contribution in [-0.4, -0.2) is 18.2 Å². The van der Waals surface area contributed by atoms with E-state index in [9.17, 15) is 21.6 Å². The average Bonchev–Trinajstić information content (AvgIpc) is 3.13. The van der Waals surface area contributed by atoms with E-state index < -0.39 is 21.9 Å². The van der Waals surface area contributed by atoms with Gasteiger partial charge >= 0.3 is 6.18 Å². The number of benzene rings is 3. The molecule has 34 heavy (non-hydrogen) atoms. The highest BCUT2D eigenvalue weighted by Gasteiger charge is 2.41. The number of sulfonamides is 1. The molecule has 0 saturated carbocycles. The van der Waals surface area contributed by atoms with Gasteiger partial charge in [-0.15, -0.1) is 0 Å². The zero-order valence-corrected chi connectivity index (χ0v) is 19.6. The summed E-state index contributed by atoms with van der Waals surface area (Å²) in [5.41, 5.74) is -1.20. The molecule has 3 aromatic carbocycles. The fraction of sp³-hybridized carbons (Fsp3) is 0.0870. The third-order valence-corrected chi connectivity index (χ3v) is 6.56. The van der Waals surface area contributed by atoms with Crippen LogP contribution in [0, 0.1) is 0 Å². The fourth-order valence-corrected chi connectivity index (χ4v) is 4.91. The lowest BCUT2D eigenvalue weighted by molar-refractivity contribution is -0.143. The number of nitrogens with two attached hydrogens (primary N) is 1. The molecule has 0 spiro atoms. The summed E-state index contributed by atoms with van der Waals surface area (Å²) in [4.78, 5) is -0.362. The van der Waals surface area contributed by atoms with Crippen LogP contribution in [0.5, 0.6) is 0 Å². The molecule has 0 aliphatic rings. The Morgan fingerprint density at radius 1 is 0.912 bits per heavy atom. The Morgan fingerprint density at radius 2 is 1.56 bits per heavy atom. The molecular formula is C23H16Cl2F3N3O2S. The second kappa shape index (κ2) is 9.07. The van der Waals surface area contributed by atoms with Crippen molar-refractivity contribution in [1.82, 2.24) is 9.78 Å². The quantitative estimate of drug-likeness (QED) is 0.335. The smallest absolute Gasteiger partial charge is 0.255 e. The molecule has 5 nitrogen and oxygen atoms in total. The van der Waals surface area contributed by atoms with Crippen molar-refractivity contribution in [3.05, 3.63) is 94.1 Å². The highest BCUT2D eigenvalue weighted by Crippen LogP contribution is 2.46. The molecular weight excluding hydrogens is 510 g/mol. The zero-order chi connectivity index (χ0) is 24.7. The van der Waals surface area contributed by atoms with Gasteiger partial charge in [-0.05, 0) is 23.8 Å². The van der Waals surface area contributed by atoms with Crippen LogP contribution in [0.4, 0.5) is 13.2 Å². The Balaban J connectivity index is 2.11. The van der Waals surface area contributed by atoms with E-state index in [0.717, 1.165) is 4.68 Å². The summed E-state index contributed by atoms with van der Waals surface area (Å²) >= 11 is 12.3. The van der Waals surface area contributed by atoms with Gasteiger partial charge in [0.05, 0.1) is 16.5 Å². The lowest BCUT2D eigenvalue weighted by atomic mass is 9.98. The molecule has 176 valence electrons. The lowest BCUT2D eigenvalue weighted by Gasteiger charge is -2.14. The summed E-state index contributed by atoms with van der Waals surface area (Å²) in [7, 11) is -4.28. The topological polar surface area (TPSA) is 78.0 Å². The molecule has 0 unspecified atom stereocenters. The van der Waals surface area contributed by atoms with Gasteiger partial charge in [-0.25, -0.2) is 13.6 Å². The van der Waals surface area contributed by atoms with Crippen LogP contribution < -0.4 is 5.14 Å². The van der Waals surface area contributed by atoms with Crippen molar-refractivity contribution in [1.29, 1.82) is 0 Å². The Hall–Kier alpha value is -2.85. The Kier molecular flexibility index (Phi) is 6.48. The maximum Gasteiger partial charge on any atom is 0.433 e.